The first kappa shape index (κ1) is 16.8. The van der Waals surface area contributed by atoms with Crippen LogP contribution in [0.5, 0.6) is 0 Å². The zero-order chi connectivity index (χ0) is 18.6. The number of benzene rings is 2. The largest absolute Gasteiger partial charge is 0.364 e. The number of nitrogens with zero attached hydrogens (tertiary/aromatic N) is 2. The van der Waals surface area contributed by atoms with Crippen molar-refractivity contribution < 1.29 is 0 Å². The van der Waals surface area contributed by atoms with Crippen LogP contribution in [-0.4, -0.2) is 15.1 Å². The van der Waals surface area contributed by atoms with Gasteiger partial charge in [-0.05, 0) is 74.8 Å². The summed E-state index contributed by atoms with van der Waals surface area (Å²) in [6.45, 7) is 2.20. The van der Waals surface area contributed by atoms with Gasteiger partial charge in [-0.2, -0.15) is 4.98 Å². The van der Waals surface area contributed by atoms with E-state index >= 15 is 0 Å². The van der Waals surface area contributed by atoms with Gasteiger partial charge in [0, 0.05) is 10.9 Å². The molecule has 2 fully saturated rings. The van der Waals surface area contributed by atoms with Crippen LogP contribution < -0.4 is 11.0 Å². The average Bonchev–Trinajstić information content (AvgIpc) is 3.46. The lowest BCUT2D eigenvalue weighted by Gasteiger charge is -2.39. The van der Waals surface area contributed by atoms with Crippen LogP contribution in [0, 0.1) is 0 Å². The SMILES string of the molecule is CC1(Nc2nc(=O)n(-c3ccccc3Cl)c3cc(C4CC4)ccc23)CCC1. The second-order valence-electron chi connectivity index (χ2n) is 8.12. The van der Waals surface area contributed by atoms with E-state index in [1.165, 1.54) is 24.8 Å². The lowest BCUT2D eigenvalue weighted by molar-refractivity contribution is 0.306. The number of anilines is 1. The number of hydrogen-bond donors (Lipinski definition) is 1. The first-order valence-corrected chi connectivity index (χ1v) is 10.0. The van der Waals surface area contributed by atoms with Crippen LogP contribution in [0.2, 0.25) is 5.02 Å². The number of halogens is 1. The van der Waals surface area contributed by atoms with Crippen molar-refractivity contribution in [3.63, 3.8) is 0 Å². The summed E-state index contributed by atoms with van der Waals surface area (Å²) in [5, 5.41) is 5.05. The summed E-state index contributed by atoms with van der Waals surface area (Å²) >= 11 is 6.42. The van der Waals surface area contributed by atoms with Gasteiger partial charge in [-0.1, -0.05) is 29.8 Å². The Labute approximate surface area is 163 Å². The molecule has 2 saturated carbocycles. The molecule has 0 spiro atoms. The molecule has 0 bridgehead atoms. The highest BCUT2D eigenvalue weighted by molar-refractivity contribution is 6.32. The molecule has 1 aromatic heterocycles. The molecule has 0 unspecified atom stereocenters. The highest BCUT2D eigenvalue weighted by atomic mass is 35.5. The quantitative estimate of drug-likeness (QED) is 0.671. The van der Waals surface area contributed by atoms with E-state index in [9.17, 15) is 4.79 Å². The normalized spacial score (nSPS) is 18.3. The lowest BCUT2D eigenvalue weighted by atomic mass is 9.78. The third-order valence-electron chi connectivity index (χ3n) is 5.94. The molecule has 0 aliphatic heterocycles. The first-order valence-electron chi connectivity index (χ1n) is 9.64. The number of fused-ring (bicyclic) bond motifs is 1. The third-order valence-corrected chi connectivity index (χ3v) is 6.26. The highest BCUT2D eigenvalue weighted by Crippen LogP contribution is 2.42. The van der Waals surface area contributed by atoms with Crippen molar-refractivity contribution in [1.29, 1.82) is 0 Å². The summed E-state index contributed by atoms with van der Waals surface area (Å²) < 4.78 is 1.65. The fourth-order valence-electron chi connectivity index (χ4n) is 3.99. The molecule has 2 aromatic carbocycles. The van der Waals surface area contributed by atoms with Gasteiger partial charge in [0.15, 0.2) is 0 Å². The van der Waals surface area contributed by atoms with Gasteiger partial charge in [-0.3, -0.25) is 4.57 Å². The maximum atomic E-state index is 13.0. The van der Waals surface area contributed by atoms with Crippen molar-refractivity contribution >= 4 is 28.3 Å². The molecule has 5 heteroatoms. The predicted octanol–water partition coefficient (Wildman–Crippen LogP) is 5.27. The van der Waals surface area contributed by atoms with Crippen molar-refractivity contribution in [2.75, 3.05) is 5.32 Å². The summed E-state index contributed by atoms with van der Waals surface area (Å²) in [5.41, 5.74) is 2.57. The third kappa shape index (κ3) is 2.92. The number of para-hydroxylation sites is 1. The Hall–Kier alpha value is -2.33. The average molecular weight is 380 g/mol. The summed E-state index contributed by atoms with van der Waals surface area (Å²) in [6, 6.07) is 13.9. The van der Waals surface area contributed by atoms with Crippen LogP contribution in [0.4, 0.5) is 5.82 Å². The van der Waals surface area contributed by atoms with Crippen LogP contribution in [0.1, 0.15) is 50.5 Å². The fourth-order valence-corrected chi connectivity index (χ4v) is 4.21. The van der Waals surface area contributed by atoms with E-state index in [0.29, 0.717) is 22.4 Å². The number of hydrogen-bond acceptors (Lipinski definition) is 3. The van der Waals surface area contributed by atoms with Crippen LogP contribution >= 0.6 is 11.6 Å². The lowest BCUT2D eigenvalue weighted by Crippen LogP contribution is -2.42. The number of aromatic nitrogens is 2. The summed E-state index contributed by atoms with van der Waals surface area (Å²) in [6.07, 6.45) is 5.85. The van der Waals surface area contributed by atoms with Crippen LogP contribution in [-0.2, 0) is 0 Å². The molecule has 0 atom stereocenters. The minimum atomic E-state index is -0.297. The van der Waals surface area contributed by atoms with Crippen LogP contribution in [0.15, 0.2) is 47.3 Å². The highest BCUT2D eigenvalue weighted by Gasteiger charge is 2.33. The topological polar surface area (TPSA) is 46.9 Å². The molecule has 5 rings (SSSR count). The fraction of sp³-hybridized carbons (Fsp3) is 0.364. The molecule has 0 radical (unpaired) electrons. The van der Waals surface area contributed by atoms with E-state index in [0.717, 1.165) is 23.7 Å². The van der Waals surface area contributed by atoms with Gasteiger partial charge in [0.05, 0.1) is 16.2 Å². The predicted molar refractivity (Wildman–Crippen MR) is 110 cm³/mol. The summed E-state index contributed by atoms with van der Waals surface area (Å²) in [5.74, 6) is 1.29. The van der Waals surface area contributed by atoms with Crippen molar-refractivity contribution in [2.45, 2.75) is 50.5 Å². The molecule has 0 amide bonds. The van der Waals surface area contributed by atoms with Crippen molar-refractivity contribution in [2.24, 2.45) is 0 Å². The number of rotatable bonds is 4. The Balaban J connectivity index is 1.76. The van der Waals surface area contributed by atoms with E-state index in [2.05, 4.69) is 35.4 Å². The summed E-state index contributed by atoms with van der Waals surface area (Å²) in [7, 11) is 0. The summed E-state index contributed by atoms with van der Waals surface area (Å²) in [4.78, 5) is 17.5. The van der Waals surface area contributed by atoms with Crippen LogP contribution in [0.25, 0.3) is 16.6 Å². The molecular formula is C22H22ClN3O. The van der Waals surface area contributed by atoms with Gasteiger partial charge in [-0.15, -0.1) is 0 Å². The Bertz CT molecular complexity index is 1100. The van der Waals surface area contributed by atoms with E-state index in [1.807, 2.05) is 24.3 Å². The minimum absolute atomic E-state index is 0.0259. The molecule has 1 heterocycles. The maximum absolute atomic E-state index is 13.0. The van der Waals surface area contributed by atoms with Crippen molar-refractivity contribution in [3.05, 3.63) is 63.5 Å². The van der Waals surface area contributed by atoms with Crippen LogP contribution in [0.3, 0.4) is 0 Å². The van der Waals surface area contributed by atoms with E-state index in [-0.39, 0.29) is 11.2 Å². The molecule has 3 aromatic rings. The molecule has 4 nitrogen and oxygen atoms in total. The Morgan fingerprint density at radius 2 is 1.96 bits per heavy atom. The van der Waals surface area contributed by atoms with E-state index in [4.69, 9.17) is 11.6 Å². The Morgan fingerprint density at radius 3 is 2.63 bits per heavy atom. The Morgan fingerprint density at radius 1 is 1.19 bits per heavy atom. The van der Waals surface area contributed by atoms with Crippen molar-refractivity contribution in [1.82, 2.24) is 9.55 Å². The second-order valence-corrected chi connectivity index (χ2v) is 8.53. The number of nitrogens with one attached hydrogen (secondary N) is 1. The monoisotopic (exact) mass is 379 g/mol. The van der Waals surface area contributed by atoms with Gasteiger partial charge in [-0.25, -0.2) is 4.79 Å². The molecule has 27 heavy (non-hydrogen) atoms. The molecule has 2 aliphatic rings. The first-order chi connectivity index (χ1) is 13.0. The second kappa shape index (κ2) is 6.10. The van der Waals surface area contributed by atoms with Gasteiger partial charge in [0.25, 0.3) is 0 Å². The van der Waals surface area contributed by atoms with E-state index in [1.54, 1.807) is 4.57 Å². The minimum Gasteiger partial charge on any atom is -0.364 e. The Kier molecular flexibility index (Phi) is 3.80. The van der Waals surface area contributed by atoms with Gasteiger partial charge >= 0.3 is 5.69 Å². The zero-order valence-electron chi connectivity index (χ0n) is 15.3. The smallest absolute Gasteiger partial charge is 0.354 e. The van der Waals surface area contributed by atoms with E-state index < -0.39 is 0 Å². The molecule has 138 valence electrons. The maximum Gasteiger partial charge on any atom is 0.354 e. The van der Waals surface area contributed by atoms with Gasteiger partial charge in [0.2, 0.25) is 0 Å². The molecule has 2 aliphatic carbocycles. The van der Waals surface area contributed by atoms with Crippen molar-refractivity contribution in [3.8, 4) is 5.69 Å². The molecule has 0 saturated heterocycles. The molecular weight excluding hydrogens is 358 g/mol. The molecule has 1 N–H and O–H groups in total. The van der Waals surface area contributed by atoms with Gasteiger partial charge < -0.3 is 5.32 Å². The standard InChI is InChI=1S/C22H22ClN3O/c1-22(11-4-12-22)25-20-16-10-9-15(14-7-8-14)13-19(16)26(21(27)24-20)18-6-3-2-5-17(18)23/h2-3,5-6,9-10,13-14H,4,7-8,11-12H2,1H3,(H,24,25,27). The zero-order valence-corrected chi connectivity index (χ0v) is 16.1. The van der Waals surface area contributed by atoms with Gasteiger partial charge in [0.1, 0.15) is 5.82 Å².